The number of ether oxygens (including phenoxy) is 2. The summed E-state index contributed by atoms with van der Waals surface area (Å²) >= 11 is 0. The van der Waals surface area contributed by atoms with Crippen molar-refractivity contribution in [2.75, 3.05) is 27.3 Å². The van der Waals surface area contributed by atoms with Gasteiger partial charge in [-0.3, -0.25) is 14.5 Å². The van der Waals surface area contributed by atoms with E-state index in [0.29, 0.717) is 34.6 Å². The van der Waals surface area contributed by atoms with E-state index in [4.69, 9.17) is 9.47 Å². The molecule has 2 amide bonds. The lowest BCUT2D eigenvalue weighted by Crippen LogP contribution is -2.45. The van der Waals surface area contributed by atoms with E-state index < -0.39 is 0 Å². The van der Waals surface area contributed by atoms with Crippen LogP contribution in [0.5, 0.6) is 11.5 Å². The quantitative estimate of drug-likeness (QED) is 0.664. The fourth-order valence-electron chi connectivity index (χ4n) is 5.60. The molecule has 0 aromatic heterocycles. The Kier molecular flexibility index (Phi) is 6.26. The van der Waals surface area contributed by atoms with E-state index in [-0.39, 0.29) is 17.9 Å². The molecule has 2 aliphatic heterocycles. The second-order valence-electron chi connectivity index (χ2n) is 9.42. The fourth-order valence-corrected chi connectivity index (χ4v) is 5.60. The van der Waals surface area contributed by atoms with Gasteiger partial charge in [0.25, 0.3) is 11.8 Å². The van der Waals surface area contributed by atoms with Crippen molar-refractivity contribution in [3.63, 3.8) is 0 Å². The highest BCUT2D eigenvalue weighted by Gasteiger charge is 2.46. The number of imide groups is 1. The number of amides is 2. The van der Waals surface area contributed by atoms with Crippen molar-refractivity contribution >= 4 is 17.4 Å². The van der Waals surface area contributed by atoms with Gasteiger partial charge in [0.2, 0.25) is 0 Å². The van der Waals surface area contributed by atoms with Crippen LogP contribution < -0.4 is 9.47 Å². The van der Waals surface area contributed by atoms with Crippen molar-refractivity contribution in [3.8, 4) is 11.5 Å². The summed E-state index contributed by atoms with van der Waals surface area (Å²) in [7, 11) is 3.18. The first kappa shape index (κ1) is 21.7. The monoisotopic (exact) mass is 426 g/mol. The number of carbonyl (C=O) groups is 2. The van der Waals surface area contributed by atoms with Gasteiger partial charge in [-0.15, -0.1) is 0 Å². The van der Waals surface area contributed by atoms with E-state index in [1.54, 1.807) is 25.2 Å². The maximum Gasteiger partial charge on any atom is 0.278 e. The Hall–Kier alpha value is -2.50. The summed E-state index contributed by atoms with van der Waals surface area (Å²) in [6.07, 6.45) is 6.26. The van der Waals surface area contributed by atoms with Crippen molar-refractivity contribution in [2.45, 2.75) is 58.4 Å². The van der Waals surface area contributed by atoms with Crippen LogP contribution in [0, 0.1) is 11.8 Å². The number of piperidine rings is 1. The molecular weight excluding hydrogens is 392 g/mol. The largest absolute Gasteiger partial charge is 0.493 e. The number of carbonyl (C=O) groups excluding carboxylic acids is 2. The number of likely N-dealkylation sites (tertiary alicyclic amines) is 1. The first-order valence-electron chi connectivity index (χ1n) is 11.5. The predicted octanol–water partition coefficient (Wildman–Crippen LogP) is 4.09. The van der Waals surface area contributed by atoms with Gasteiger partial charge >= 0.3 is 0 Å². The maximum absolute atomic E-state index is 13.7. The molecule has 0 spiro atoms. The molecule has 168 valence electrons. The lowest BCUT2D eigenvalue weighted by atomic mass is 9.91. The number of rotatable bonds is 5. The summed E-state index contributed by atoms with van der Waals surface area (Å²) in [6.45, 7) is 6.04. The number of hydrogen-bond donors (Lipinski definition) is 0. The van der Waals surface area contributed by atoms with Crippen LogP contribution in [0.4, 0.5) is 0 Å². The Morgan fingerprint density at radius 2 is 1.52 bits per heavy atom. The van der Waals surface area contributed by atoms with Gasteiger partial charge in [-0.05, 0) is 48.8 Å². The number of nitrogens with zero attached hydrogens (tertiary/aromatic N) is 2. The van der Waals surface area contributed by atoms with Gasteiger partial charge in [-0.2, -0.15) is 0 Å². The van der Waals surface area contributed by atoms with Crippen LogP contribution in [0.2, 0.25) is 0 Å². The average Bonchev–Trinajstić information content (AvgIpc) is 3.03. The normalized spacial score (nSPS) is 25.4. The van der Waals surface area contributed by atoms with E-state index in [9.17, 15) is 9.59 Å². The van der Waals surface area contributed by atoms with Crippen LogP contribution in [0.15, 0.2) is 23.9 Å². The highest BCUT2D eigenvalue weighted by atomic mass is 16.5. The lowest BCUT2D eigenvalue weighted by molar-refractivity contribution is -0.141. The molecule has 2 heterocycles. The third kappa shape index (κ3) is 4.04. The number of methoxy groups -OCH3 is 2. The molecule has 1 saturated carbocycles. The molecule has 0 bridgehead atoms. The summed E-state index contributed by atoms with van der Waals surface area (Å²) in [5, 5.41) is 0. The predicted molar refractivity (Wildman–Crippen MR) is 120 cm³/mol. The van der Waals surface area contributed by atoms with E-state index >= 15 is 0 Å². The van der Waals surface area contributed by atoms with Crippen LogP contribution in [-0.2, 0) is 9.59 Å². The van der Waals surface area contributed by atoms with E-state index in [1.807, 2.05) is 12.1 Å². The third-order valence-corrected chi connectivity index (χ3v) is 6.89. The molecule has 2 atom stereocenters. The molecule has 6 nitrogen and oxygen atoms in total. The van der Waals surface area contributed by atoms with Crippen molar-refractivity contribution < 1.29 is 19.1 Å². The molecule has 4 rings (SSSR count). The summed E-state index contributed by atoms with van der Waals surface area (Å²) < 4.78 is 10.9. The fraction of sp³-hybridized carbons (Fsp3) is 0.600. The minimum absolute atomic E-state index is 0.000955. The molecule has 2 unspecified atom stereocenters. The highest BCUT2D eigenvalue weighted by molar-refractivity contribution is 6.35. The summed E-state index contributed by atoms with van der Waals surface area (Å²) in [6, 6.07) is 5.49. The van der Waals surface area contributed by atoms with Crippen LogP contribution >= 0.6 is 0 Å². The molecule has 0 radical (unpaired) electrons. The minimum atomic E-state index is -0.162. The molecular formula is C25H34N2O4. The maximum atomic E-state index is 13.7. The molecule has 1 saturated heterocycles. The molecule has 1 aliphatic carbocycles. The van der Waals surface area contributed by atoms with Crippen LogP contribution in [0.3, 0.4) is 0 Å². The first-order chi connectivity index (χ1) is 14.9. The van der Waals surface area contributed by atoms with E-state index in [2.05, 4.69) is 18.7 Å². The van der Waals surface area contributed by atoms with Crippen molar-refractivity contribution in [1.82, 2.24) is 9.80 Å². The van der Waals surface area contributed by atoms with Gasteiger partial charge in [0, 0.05) is 19.1 Å². The zero-order valence-electron chi connectivity index (χ0n) is 19.1. The Bertz CT molecular complexity index is 878. The first-order valence-corrected chi connectivity index (χ1v) is 11.5. The van der Waals surface area contributed by atoms with E-state index in [1.165, 1.54) is 6.42 Å². The summed E-state index contributed by atoms with van der Waals surface area (Å²) in [5.74, 6) is 1.84. The summed E-state index contributed by atoms with van der Waals surface area (Å²) in [5.41, 5.74) is 1.80. The van der Waals surface area contributed by atoms with Gasteiger partial charge in [-0.25, -0.2) is 0 Å². The van der Waals surface area contributed by atoms with Crippen LogP contribution in [0.1, 0.15) is 57.9 Å². The zero-order valence-corrected chi connectivity index (χ0v) is 19.1. The molecule has 3 aliphatic rings. The zero-order chi connectivity index (χ0) is 22.1. The van der Waals surface area contributed by atoms with Crippen LogP contribution in [-0.4, -0.2) is 55.0 Å². The molecule has 1 aromatic rings. The second-order valence-corrected chi connectivity index (χ2v) is 9.42. The number of hydrogen-bond acceptors (Lipinski definition) is 5. The van der Waals surface area contributed by atoms with Gasteiger partial charge in [0.15, 0.2) is 11.5 Å². The molecule has 0 N–H and O–H groups in total. The van der Waals surface area contributed by atoms with Gasteiger partial charge in [0.1, 0.15) is 5.70 Å². The SMILES string of the molecule is COc1ccc(C2=C(N3CC(C)CC(C)C3)C(=O)N(C3CCCCC3)C2=O)cc1OC. The van der Waals surface area contributed by atoms with Gasteiger partial charge < -0.3 is 14.4 Å². The number of benzene rings is 1. The minimum Gasteiger partial charge on any atom is -0.493 e. The Labute approximate surface area is 185 Å². The topological polar surface area (TPSA) is 59.1 Å². The Balaban J connectivity index is 1.80. The Morgan fingerprint density at radius 1 is 0.871 bits per heavy atom. The smallest absolute Gasteiger partial charge is 0.278 e. The lowest BCUT2D eigenvalue weighted by Gasteiger charge is -2.37. The van der Waals surface area contributed by atoms with Gasteiger partial charge in [-0.1, -0.05) is 39.2 Å². The molecule has 1 aromatic carbocycles. The molecule has 2 fully saturated rings. The van der Waals surface area contributed by atoms with E-state index in [0.717, 1.165) is 50.8 Å². The molecule has 31 heavy (non-hydrogen) atoms. The highest BCUT2D eigenvalue weighted by Crippen LogP contribution is 2.40. The Morgan fingerprint density at radius 3 is 2.13 bits per heavy atom. The van der Waals surface area contributed by atoms with Crippen LogP contribution in [0.25, 0.3) is 5.57 Å². The van der Waals surface area contributed by atoms with Crippen molar-refractivity contribution in [3.05, 3.63) is 29.5 Å². The van der Waals surface area contributed by atoms with Crippen molar-refractivity contribution in [1.29, 1.82) is 0 Å². The molecule has 6 heteroatoms. The standard InChI is InChI=1S/C25H34N2O4/c1-16-12-17(2)15-26(14-16)23-22(18-10-11-20(30-3)21(13-18)31-4)24(28)27(25(23)29)19-8-6-5-7-9-19/h10-11,13,16-17,19H,5-9,12,14-15H2,1-4H3. The van der Waals surface area contributed by atoms with Crippen molar-refractivity contribution in [2.24, 2.45) is 11.8 Å². The van der Waals surface area contributed by atoms with Gasteiger partial charge in [0.05, 0.1) is 19.8 Å². The second kappa shape index (κ2) is 8.93. The summed E-state index contributed by atoms with van der Waals surface area (Å²) in [4.78, 5) is 31.2. The third-order valence-electron chi connectivity index (χ3n) is 6.89. The average molecular weight is 427 g/mol.